The molecule has 2 rings (SSSR count). The number of hydrogen-bond acceptors (Lipinski definition) is 2. The summed E-state index contributed by atoms with van der Waals surface area (Å²) in [5.74, 6) is -0.105. The standard InChI is InChI=1S/C16H16Cl2N2O/c1-3-20(10-12-7-5-4-6-11(12)2)16(21)13-8-14(17)19-15(18)9-13/h4-9H,3,10H2,1-2H3. The average Bonchev–Trinajstić information content (AvgIpc) is 2.44. The number of nitrogens with zero attached hydrogens (tertiary/aromatic N) is 2. The van der Waals surface area contributed by atoms with Crippen LogP contribution < -0.4 is 0 Å². The van der Waals surface area contributed by atoms with Crippen molar-refractivity contribution < 1.29 is 4.79 Å². The highest BCUT2D eigenvalue weighted by atomic mass is 35.5. The van der Waals surface area contributed by atoms with Crippen LogP contribution in [0.1, 0.15) is 28.4 Å². The zero-order chi connectivity index (χ0) is 15.4. The summed E-state index contributed by atoms with van der Waals surface area (Å²) in [4.78, 5) is 18.2. The van der Waals surface area contributed by atoms with Crippen LogP contribution in [-0.4, -0.2) is 22.3 Å². The van der Waals surface area contributed by atoms with Crippen molar-refractivity contribution in [3.05, 3.63) is 63.4 Å². The molecule has 0 spiro atoms. The fourth-order valence-electron chi connectivity index (χ4n) is 2.09. The van der Waals surface area contributed by atoms with Crippen molar-refractivity contribution in [3.63, 3.8) is 0 Å². The molecule has 110 valence electrons. The lowest BCUT2D eigenvalue weighted by Crippen LogP contribution is -2.30. The summed E-state index contributed by atoms with van der Waals surface area (Å²) >= 11 is 11.7. The molecule has 0 radical (unpaired) electrons. The number of carbonyl (C=O) groups excluding carboxylic acids is 1. The van der Waals surface area contributed by atoms with Gasteiger partial charge in [0.1, 0.15) is 10.3 Å². The van der Waals surface area contributed by atoms with Gasteiger partial charge in [-0.3, -0.25) is 4.79 Å². The van der Waals surface area contributed by atoms with Gasteiger partial charge in [-0.2, -0.15) is 0 Å². The predicted molar refractivity (Wildman–Crippen MR) is 85.9 cm³/mol. The van der Waals surface area contributed by atoms with Gasteiger partial charge in [-0.25, -0.2) is 4.98 Å². The van der Waals surface area contributed by atoms with E-state index in [1.54, 1.807) is 4.90 Å². The van der Waals surface area contributed by atoms with E-state index in [1.165, 1.54) is 12.1 Å². The first-order valence-electron chi connectivity index (χ1n) is 6.68. The largest absolute Gasteiger partial charge is 0.335 e. The molecule has 0 N–H and O–H groups in total. The van der Waals surface area contributed by atoms with E-state index in [2.05, 4.69) is 4.98 Å². The quantitative estimate of drug-likeness (QED) is 0.783. The van der Waals surface area contributed by atoms with Gasteiger partial charge in [0, 0.05) is 18.7 Å². The summed E-state index contributed by atoms with van der Waals surface area (Å²) in [5.41, 5.74) is 2.74. The molecule has 0 aliphatic heterocycles. The number of pyridine rings is 1. The van der Waals surface area contributed by atoms with Gasteiger partial charge in [0.15, 0.2) is 0 Å². The van der Waals surface area contributed by atoms with Gasteiger partial charge in [0.2, 0.25) is 0 Å². The molecule has 5 heteroatoms. The molecule has 0 saturated carbocycles. The fraction of sp³-hybridized carbons (Fsp3) is 0.250. The summed E-state index contributed by atoms with van der Waals surface area (Å²) in [6, 6.07) is 11.1. The van der Waals surface area contributed by atoms with E-state index in [-0.39, 0.29) is 16.2 Å². The maximum absolute atomic E-state index is 12.6. The van der Waals surface area contributed by atoms with Gasteiger partial charge in [0.05, 0.1) is 0 Å². The number of aromatic nitrogens is 1. The van der Waals surface area contributed by atoms with E-state index in [0.717, 1.165) is 11.1 Å². The first kappa shape index (κ1) is 15.8. The highest BCUT2D eigenvalue weighted by Gasteiger charge is 2.16. The highest BCUT2D eigenvalue weighted by Crippen LogP contribution is 2.18. The second-order valence-electron chi connectivity index (χ2n) is 4.75. The lowest BCUT2D eigenvalue weighted by atomic mass is 10.1. The van der Waals surface area contributed by atoms with Crippen LogP contribution in [0.4, 0.5) is 0 Å². The molecular weight excluding hydrogens is 307 g/mol. The molecule has 1 heterocycles. The Morgan fingerprint density at radius 2 is 1.81 bits per heavy atom. The third-order valence-electron chi connectivity index (χ3n) is 3.30. The maximum atomic E-state index is 12.6. The van der Waals surface area contributed by atoms with E-state index < -0.39 is 0 Å². The second-order valence-corrected chi connectivity index (χ2v) is 5.52. The van der Waals surface area contributed by atoms with Gasteiger partial charge < -0.3 is 4.90 Å². The minimum Gasteiger partial charge on any atom is -0.335 e. The van der Waals surface area contributed by atoms with Crippen LogP contribution in [0.25, 0.3) is 0 Å². The summed E-state index contributed by atoms with van der Waals surface area (Å²) in [6.07, 6.45) is 0. The lowest BCUT2D eigenvalue weighted by molar-refractivity contribution is 0.0752. The Morgan fingerprint density at radius 1 is 1.19 bits per heavy atom. The first-order valence-corrected chi connectivity index (χ1v) is 7.43. The molecule has 0 unspecified atom stereocenters. The molecule has 3 nitrogen and oxygen atoms in total. The fourth-order valence-corrected chi connectivity index (χ4v) is 2.55. The Hall–Kier alpha value is -1.58. The van der Waals surface area contributed by atoms with E-state index >= 15 is 0 Å². The number of carbonyl (C=O) groups is 1. The lowest BCUT2D eigenvalue weighted by Gasteiger charge is -2.22. The number of aryl methyl sites for hydroxylation is 1. The number of amides is 1. The van der Waals surface area contributed by atoms with E-state index in [9.17, 15) is 4.79 Å². The monoisotopic (exact) mass is 322 g/mol. The average molecular weight is 323 g/mol. The molecule has 1 aromatic heterocycles. The summed E-state index contributed by atoms with van der Waals surface area (Å²) in [7, 11) is 0. The SMILES string of the molecule is CCN(Cc1ccccc1C)C(=O)c1cc(Cl)nc(Cl)c1. The van der Waals surface area contributed by atoms with Crippen LogP contribution >= 0.6 is 23.2 Å². The zero-order valence-corrected chi connectivity index (χ0v) is 13.4. The molecule has 0 atom stereocenters. The predicted octanol–water partition coefficient (Wildman–Crippen LogP) is 4.36. The van der Waals surface area contributed by atoms with Crippen molar-refractivity contribution in [2.24, 2.45) is 0 Å². The molecule has 0 aliphatic carbocycles. The highest BCUT2D eigenvalue weighted by molar-refractivity contribution is 6.33. The van der Waals surface area contributed by atoms with Crippen LogP contribution in [0.15, 0.2) is 36.4 Å². The normalized spacial score (nSPS) is 10.5. The van der Waals surface area contributed by atoms with Crippen molar-refractivity contribution >= 4 is 29.1 Å². The Kier molecular flexibility index (Phi) is 5.21. The molecule has 0 bridgehead atoms. The first-order chi connectivity index (χ1) is 10.0. The van der Waals surface area contributed by atoms with Crippen LogP contribution in [0.3, 0.4) is 0 Å². The number of hydrogen-bond donors (Lipinski definition) is 0. The van der Waals surface area contributed by atoms with Gasteiger partial charge in [-0.15, -0.1) is 0 Å². The molecule has 21 heavy (non-hydrogen) atoms. The molecule has 0 saturated heterocycles. The van der Waals surface area contributed by atoms with E-state index in [4.69, 9.17) is 23.2 Å². The van der Waals surface area contributed by atoms with Gasteiger partial charge in [0.25, 0.3) is 5.91 Å². The van der Waals surface area contributed by atoms with Crippen molar-refractivity contribution in [1.82, 2.24) is 9.88 Å². The van der Waals surface area contributed by atoms with Gasteiger partial charge in [-0.1, -0.05) is 47.5 Å². The third kappa shape index (κ3) is 3.96. The van der Waals surface area contributed by atoms with Crippen LogP contribution in [0.2, 0.25) is 10.3 Å². The van der Waals surface area contributed by atoms with E-state index in [0.29, 0.717) is 18.7 Å². The minimum absolute atomic E-state index is 0.105. The number of halogens is 2. The third-order valence-corrected chi connectivity index (χ3v) is 3.69. The van der Waals surface area contributed by atoms with Crippen molar-refractivity contribution in [2.75, 3.05) is 6.54 Å². The minimum atomic E-state index is -0.105. The summed E-state index contributed by atoms with van der Waals surface area (Å²) in [6.45, 7) is 5.14. The van der Waals surface area contributed by atoms with Crippen LogP contribution in [0.5, 0.6) is 0 Å². The van der Waals surface area contributed by atoms with Gasteiger partial charge >= 0.3 is 0 Å². The Labute approximate surface area is 134 Å². The number of rotatable bonds is 4. The molecule has 1 amide bonds. The maximum Gasteiger partial charge on any atom is 0.254 e. The topological polar surface area (TPSA) is 33.2 Å². The molecule has 2 aromatic rings. The molecule has 0 fully saturated rings. The Balaban J connectivity index is 2.24. The van der Waals surface area contributed by atoms with Crippen molar-refractivity contribution in [2.45, 2.75) is 20.4 Å². The summed E-state index contributed by atoms with van der Waals surface area (Å²) < 4.78 is 0. The van der Waals surface area contributed by atoms with Crippen molar-refractivity contribution in [3.8, 4) is 0 Å². The van der Waals surface area contributed by atoms with Crippen molar-refractivity contribution in [1.29, 1.82) is 0 Å². The second kappa shape index (κ2) is 6.92. The molecule has 1 aromatic carbocycles. The van der Waals surface area contributed by atoms with Gasteiger partial charge in [-0.05, 0) is 37.1 Å². The van der Waals surface area contributed by atoms with E-state index in [1.807, 2.05) is 38.1 Å². The van der Waals surface area contributed by atoms with Crippen LogP contribution in [-0.2, 0) is 6.54 Å². The Bertz CT molecular complexity index is 638. The molecule has 0 aliphatic rings. The number of benzene rings is 1. The zero-order valence-electron chi connectivity index (χ0n) is 11.9. The molecular formula is C16H16Cl2N2O. The van der Waals surface area contributed by atoms with Crippen LogP contribution in [0, 0.1) is 6.92 Å². The smallest absolute Gasteiger partial charge is 0.254 e. The summed E-state index contributed by atoms with van der Waals surface area (Å²) in [5, 5.41) is 0.440. The Morgan fingerprint density at radius 3 is 2.38 bits per heavy atom.